The second-order valence-corrected chi connectivity index (χ2v) is 4.81. The number of carbonyl (C=O) groups excluding carboxylic acids is 1. The average molecular weight is 228 g/mol. The molecule has 3 atom stereocenters. The van der Waals surface area contributed by atoms with Crippen molar-refractivity contribution in [1.29, 1.82) is 0 Å². The summed E-state index contributed by atoms with van der Waals surface area (Å²) in [5.74, 6) is 0.630. The lowest BCUT2D eigenvalue weighted by Gasteiger charge is -2.20. The first-order valence-corrected chi connectivity index (χ1v) is 6.30. The van der Waals surface area contributed by atoms with Crippen LogP contribution in [-0.2, 0) is 4.79 Å². The molecule has 0 bridgehead atoms. The predicted octanol–water partition coefficient (Wildman–Crippen LogP) is 0.639. The Morgan fingerprint density at radius 1 is 1.56 bits per heavy atom. The Kier molecular flexibility index (Phi) is 5.77. The molecule has 0 aromatic rings. The fraction of sp³-hybridized carbons (Fsp3) is 0.917. The van der Waals surface area contributed by atoms with Crippen LogP contribution in [-0.4, -0.2) is 30.2 Å². The van der Waals surface area contributed by atoms with Crippen LogP contribution in [0.25, 0.3) is 0 Å². The molecule has 0 aliphatic heterocycles. The second kappa shape index (κ2) is 6.86. The van der Waals surface area contributed by atoms with E-state index in [1.54, 1.807) is 0 Å². The summed E-state index contributed by atoms with van der Waals surface area (Å²) < 4.78 is 0. The summed E-state index contributed by atoms with van der Waals surface area (Å²) >= 11 is 0. The van der Waals surface area contributed by atoms with E-state index < -0.39 is 0 Å². The minimum absolute atomic E-state index is 0.113. The largest absolute Gasteiger partial charge is 0.396 e. The minimum Gasteiger partial charge on any atom is -0.396 e. The second-order valence-electron chi connectivity index (χ2n) is 4.81. The van der Waals surface area contributed by atoms with Gasteiger partial charge in [-0.25, -0.2) is 0 Å². The van der Waals surface area contributed by atoms with Crippen LogP contribution in [0.15, 0.2) is 0 Å². The Balaban J connectivity index is 2.33. The highest BCUT2D eigenvalue weighted by molar-refractivity contribution is 5.79. The summed E-state index contributed by atoms with van der Waals surface area (Å²) in [5.41, 5.74) is 5.66. The lowest BCUT2D eigenvalue weighted by molar-refractivity contribution is -0.126. The van der Waals surface area contributed by atoms with Crippen molar-refractivity contribution in [2.45, 2.75) is 45.1 Å². The third-order valence-electron chi connectivity index (χ3n) is 3.48. The van der Waals surface area contributed by atoms with Gasteiger partial charge in [0.15, 0.2) is 0 Å². The molecule has 0 aromatic carbocycles. The number of hydrogen-bond acceptors (Lipinski definition) is 3. The zero-order valence-corrected chi connectivity index (χ0v) is 10.1. The highest BCUT2D eigenvalue weighted by Crippen LogP contribution is 2.31. The van der Waals surface area contributed by atoms with Gasteiger partial charge in [0, 0.05) is 18.6 Å². The number of carbonyl (C=O) groups is 1. The van der Waals surface area contributed by atoms with E-state index in [9.17, 15) is 4.79 Å². The molecule has 0 spiro atoms. The van der Waals surface area contributed by atoms with Gasteiger partial charge in [-0.15, -0.1) is 0 Å². The third-order valence-corrected chi connectivity index (χ3v) is 3.48. The molecule has 4 N–H and O–H groups in total. The molecule has 0 saturated heterocycles. The van der Waals surface area contributed by atoms with Crippen LogP contribution in [0.1, 0.15) is 39.0 Å². The fourth-order valence-electron chi connectivity index (χ4n) is 2.48. The smallest absolute Gasteiger partial charge is 0.223 e. The lowest BCUT2D eigenvalue weighted by Crippen LogP contribution is -2.39. The van der Waals surface area contributed by atoms with Crippen LogP contribution in [0, 0.1) is 11.8 Å². The third kappa shape index (κ3) is 3.76. The van der Waals surface area contributed by atoms with Crippen LogP contribution in [0.2, 0.25) is 0 Å². The summed E-state index contributed by atoms with van der Waals surface area (Å²) in [5, 5.41) is 11.7. The molecular formula is C12H24N2O2. The van der Waals surface area contributed by atoms with Gasteiger partial charge >= 0.3 is 0 Å². The Bertz CT molecular complexity index is 221. The summed E-state index contributed by atoms with van der Waals surface area (Å²) in [6.45, 7) is 2.79. The predicted molar refractivity (Wildman–Crippen MR) is 63.8 cm³/mol. The molecule has 0 aromatic heterocycles. The number of aliphatic hydroxyl groups is 1. The molecule has 4 heteroatoms. The van der Waals surface area contributed by atoms with Crippen molar-refractivity contribution in [3.05, 3.63) is 0 Å². The number of nitrogens with two attached hydrogens (primary N) is 1. The van der Waals surface area contributed by atoms with E-state index in [-0.39, 0.29) is 24.5 Å². The van der Waals surface area contributed by atoms with Crippen LogP contribution < -0.4 is 11.1 Å². The zero-order chi connectivity index (χ0) is 12.0. The maximum absolute atomic E-state index is 12.0. The first-order chi connectivity index (χ1) is 7.69. The first-order valence-electron chi connectivity index (χ1n) is 6.30. The lowest BCUT2D eigenvalue weighted by atomic mass is 9.95. The summed E-state index contributed by atoms with van der Waals surface area (Å²) in [7, 11) is 0. The molecule has 4 nitrogen and oxygen atoms in total. The molecule has 1 saturated carbocycles. The van der Waals surface area contributed by atoms with E-state index >= 15 is 0 Å². The first kappa shape index (κ1) is 13.5. The molecule has 3 unspecified atom stereocenters. The van der Waals surface area contributed by atoms with Gasteiger partial charge in [0.2, 0.25) is 5.91 Å². The van der Waals surface area contributed by atoms with Crippen molar-refractivity contribution < 1.29 is 9.90 Å². The van der Waals surface area contributed by atoms with E-state index in [1.165, 1.54) is 0 Å². The number of aliphatic hydroxyl groups excluding tert-OH is 1. The highest BCUT2D eigenvalue weighted by atomic mass is 16.2. The maximum atomic E-state index is 12.0. The van der Waals surface area contributed by atoms with Crippen molar-refractivity contribution >= 4 is 5.91 Å². The van der Waals surface area contributed by atoms with E-state index in [1.807, 2.05) is 6.92 Å². The maximum Gasteiger partial charge on any atom is 0.223 e. The number of nitrogens with one attached hydrogen (secondary N) is 1. The van der Waals surface area contributed by atoms with Gasteiger partial charge in [0.1, 0.15) is 0 Å². The molecular weight excluding hydrogens is 204 g/mol. The van der Waals surface area contributed by atoms with Gasteiger partial charge in [-0.3, -0.25) is 4.79 Å². The summed E-state index contributed by atoms with van der Waals surface area (Å²) in [4.78, 5) is 12.0. The number of rotatable bonds is 6. The van der Waals surface area contributed by atoms with Gasteiger partial charge in [-0.1, -0.05) is 6.42 Å². The molecule has 1 aliphatic rings. The molecule has 16 heavy (non-hydrogen) atoms. The zero-order valence-electron chi connectivity index (χ0n) is 10.1. The quantitative estimate of drug-likeness (QED) is 0.624. The fourth-order valence-corrected chi connectivity index (χ4v) is 2.48. The van der Waals surface area contributed by atoms with Crippen LogP contribution >= 0.6 is 0 Å². The van der Waals surface area contributed by atoms with Crippen LogP contribution in [0.4, 0.5) is 0 Å². The van der Waals surface area contributed by atoms with Crippen molar-refractivity contribution in [3.63, 3.8) is 0 Å². The molecule has 0 heterocycles. The van der Waals surface area contributed by atoms with Crippen molar-refractivity contribution in [1.82, 2.24) is 5.32 Å². The van der Waals surface area contributed by atoms with Gasteiger partial charge in [-0.05, 0) is 45.1 Å². The van der Waals surface area contributed by atoms with Crippen LogP contribution in [0.5, 0.6) is 0 Å². The molecule has 1 rings (SSSR count). The highest BCUT2D eigenvalue weighted by Gasteiger charge is 2.32. The topological polar surface area (TPSA) is 75.3 Å². The monoisotopic (exact) mass is 228 g/mol. The Morgan fingerprint density at radius 3 is 2.94 bits per heavy atom. The van der Waals surface area contributed by atoms with Crippen molar-refractivity contribution in [3.8, 4) is 0 Å². The number of amides is 1. The Hall–Kier alpha value is -0.610. The average Bonchev–Trinajstić information content (AvgIpc) is 2.74. The van der Waals surface area contributed by atoms with Crippen molar-refractivity contribution in [2.75, 3.05) is 13.2 Å². The normalized spacial score (nSPS) is 26.7. The standard InChI is InChI=1S/C12H24N2O2/c1-9(4-3-7-15)14-12(16)11-6-2-5-10(11)8-13/h9-11,15H,2-8,13H2,1H3,(H,14,16). The molecule has 1 fully saturated rings. The van der Waals surface area contributed by atoms with E-state index in [0.29, 0.717) is 12.5 Å². The van der Waals surface area contributed by atoms with Gasteiger partial charge < -0.3 is 16.2 Å². The van der Waals surface area contributed by atoms with Crippen LogP contribution in [0.3, 0.4) is 0 Å². The van der Waals surface area contributed by atoms with E-state index in [2.05, 4.69) is 5.32 Å². The Morgan fingerprint density at radius 2 is 2.31 bits per heavy atom. The molecule has 0 radical (unpaired) electrons. The van der Waals surface area contributed by atoms with E-state index in [4.69, 9.17) is 10.8 Å². The molecule has 1 aliphatic carbocycles. The minimum atomic E-state index is 0.113. The van der Waals surface area contributed by atoms with Gasteiger partial charge in [-0.2, -0.15) is 0 Å². The SMILES string of the molecule is CC(CCCO)NC(=O)C1CCCC1CN. The summed E-state index contributed by atoms with van der Waals surface area (Å²) in [6.07, 6.45) is 4.75. The van der Waals surface area contributed by atoms with E-state index in [0.717, 1.165) is 32.1 Å². The van der Waals surface area contributed by atoms with Gasteiger partial charge in [0.05, 0.1) is 0 Å². The van der Waals surface area contributed by atoms with Crippen molar-refractivity contribution in [2.24, 2.45) is 17.6 Å². The number of hydrogen-bond donors (Lipinski definition) is 3. The van der Waals surface area contributed by atoms with Gasteiger partial charge in [0.25, 0.3) is 0 Å². The molecule has 1 amide bonds. The molecule has 94 valence electrons. The Labute approximate surface area is 97.6 Å². The summed E-state index contributed by atoms with van der Waals surface area (Å²) in [6, 6.07) is 0.152.